The maximum Gasteiger partial charge on any atom is 0.265 e. The van der Waals surface area contributed by atoms with Crippen LogP contribution in [0.15, 0.2) is 52.3 Å². The van der Waals surface area contributed by atoms with Crippen molar-refractivity contribution in [3.63, 3.8) is 0 Å². The molecule has 0 aliphatic carbocycles. The molecule has 0 radical (unpaired) electrons. The lowest BCUT2D eigenvalue weighted by molar-refractivity contribution is 0.0980. The van der Waals surface area contributed by atoms with Crippen LogP contribution in [0.3, 0.4) is 0 Å². The summed E-state index contributed by atoms with van der Waals surface area (Å²) >= 11 is 5.76. The van der Waals surface area contributed by atoms with Crippen LogP contribution in [0.25, 0.3) is 0 Å². The van der Waals surface area contributed by atoms with Gasteiger partial charge in [-0.2, -0.15) is 4.31 Å². The third-order valence-electron chi connectivity index (χ3n) is 4.51. The average Bonchev–Trinajstić information content (AvgIpc) is 3.17. The van der Waals surface area contributed by atoms with E-state index < -0.39 is 26.0 Å². The predicted octanol–water partition coefficient (Wildman–Crippen LogP) is 2.55. The zero-order valence-corrected chi connectivity index (χ0v) is 17.4. The molecule has 1 N–H and O–H groups in total. The number of rotatable bonds is 5. The molecule has 28 heavy (non-hydrogen) atoms. The van der Waals surface area contributed by atoms with Gasteiger partial charge in [0.1, 0.15) is 0 Å². The standard InChI is InChI=1S/C18H19ClN2O5S2/c1-13-4-7-16(28(25,26)21-10-2-3-11-21)12-17(13)18(22)20-27(23,24)15-8-5-14(19)6-9-15/h4-9,12H,2-3,10-11H2,1H3,(H,20,22). The van der Waals surface area contributed by atoms with Crippen molar-refractivity contribution in [2.45, 2.75) is 29.6 Å². The third-order valence-corrected chi connectivity index (χ3v) is 8.00. The Labute approximate surface area is 169 Å². The maximum absolute atomic E-state index is 12.7. The normalized spacial score (nSPS) is 15.5. The van der Waals surface area contributed by atoms with Crippen LogP contribution >= 0.6 is 11.6 Å². The number of benzene rings is 2. The first-order valence-electron chi connectivity index (χ1n) is 8.55. The fraction of sp³-hybridized carbons (Fsp3) is 0.278. The van der Waals surface area contributed by atoms with Crippen LogP contribution < -0.4 is 4.72 Å². The largest absolute Gasteiger partial charge is 0.268 e. The van der Waals surface area contributed by atoms with Gasteiger partial charge < -0.3 is 0 Å². The monoisotopic (exact) mass is 442 g/mol. The second-order valence-corrected chi connectivity index (χ2v) is 10.5. The molecule has 1 aliphatic rings. The molecule has 150 valence electrons. The summed E-state index contributed by atoms with van der Waals surface area (Å²) in [4.78, 5) is 12.4. The average molecular weight is 443 g/mol. The third kappa shape index (κ3) is 4.22. The van der Waals surface area contributed by atoms with Crippen molar-refractivity contribution in [1.29, 1.82) is 0 Å². The van der Waals surface area contributed by atoms with Gasteiger partial charge in [0.25, 0.3) is 15.9 Å². The van der Waals surface area contributed by atoms with E-state index in [0.717, 1.165) is 12.8 Å². The van der Waals surface area contributed by atoms with Gasteiger partial charge in [0.15, 0.2) is 0 Å². The summed E-state index contributed by atoms with van der Waals surface area (Å²) in [7, 11) is -7.85. The van der Waals surface area contributed by atoms with E-state index in [9.17, 15) is 21.6 Å². The quantitative estimate of drug-likeness (QED) is 0.766. The minimum absolute atomic E-state index is 0.0159. The van der Waals surface area contributed by atoms with E-state index in [1.165, 1.54) is 46.8 Å². The van der Waals surface area contributed by atoms with Crippen LogP contribution in [0.1, 0.15) is 28.8 Å². The first kappa shape index (κ1) is 20.8. The Morgan fingerprint density at radius 1 is 0.964 bits per heavy atom. The summed E-state index contributed by atoms with van der Waals surface area (Å²) in [5.41, 5.74) is 0.446. The number of nitrogens with one attached hydrogen (secondary N) is 1. The van der Waals surface area contributed by atoms with Crippen LogP contribution in [0.5, 0.6) is 0 Å². The summed E-state index contributed by atoms with van der Waals surface area (Å²) in [6.07, 6.45) is 1.58. The molecule has 2 aromatic carbocycles. The highest BCUT2D eigenvalue weighted by Gasteiger charge is 2.28. The number of halogens is 1. The van der Waals surface area contributed by atoms with E-state index in [4.69, 9.17) is 11.6 Å². The highest BCUT2D eigenvalue weighted by atomic mass is 35.5. The van der Waals surface area contributed by atoms with Gasteiger partial charge in [0, 0.05) is 23.7 Å². The predicted molar refractivity (Wildman–Crippen MR) is 105 cm³/mol. The molecule has 0 atom stereocenters. The Balaban J connectivity index is 1.90. The van der Waals surface area contributed by atoms with E-state index in [2.05, 4.69) is 0 Å². The van der Waals surface area contributed by atoms with Gasteiger partial charge in [-0.1, -0.05) is 17.7 Å². The minimum Gasteiger partial charge on any atom is -0.268 e. The van der Waals surface area contributed by atoms with E-state index in [0.29, 0.717) is 23.7 Å². The van der Waals surface area contributed by atoms with Crippen LogP contribution in [0.4, 0.5) is 0 Å². The van der Waals surface area contributed by atoms with Gasteiger partial charge in [-0.05, 0) is 61.7 Å². The molecule has 1 saturated heterocycles. The van der Waals surface area contributed by atoms with E-state index in [1.807, 2.05) is 4.72 Å². The van der Waals surface area contributed by atoms with Gasteiger partial charge in [-0.15, -0.1) is 0 Å². The highest BCUT2D eigenvalue weighted by Crippen LogP contribution is 2.23. The fourth-order valence-electron chi connectivity index (χ4n) is 2.93. The van der Waals surface area contributed by atoms with E-state index in [1.54, 1.807) is 6.92 Å². The van der Waals surface area contributed by atoms with Gasteiger partial charge in [-0.3, -0.25) is 4.79 Å². The summed E-state index contributed by atoms with van der Waals surface area (Å²) in [6, 6.07) is 9.48. The van der Waals surface area contributed by atoms with Crippen molar-refractivity contribution in [2.75, 3.05) is 13.1 Å². The first-order valence-corrected chi connectivity index (χ1v) is 11.8. The number of sulfonamides is 2. The van der Waals surface area contributed by atoms with E-state index in [-0.39, 0.29) is 15.4 Å². The summed E-state index contributed by atoms with van der Waals surface area (Å²) in [5, 5.41) is 0.362. The Morgan fingerprint density at radius 2 is 1.54 bits per heavy atom. The smallest absolute Gasteiger partial charge is 0.265 e. The van der Waals surface area contributed by atoms with Crippen molar-refractivity contribution in [2.24, 2.45) is 0 Å². The lowest BCUT2D eigenvalue weighted by Gasteiger charge is -2.17. The summed E-state index contributed by atoms with van der Waals surface area (Å²) < 4.78 is 53.6. The molecular weight excluding hydrogens is 424 g/mol. The molecule has 0 spiro atoms. The van der Waals surface area contributed by atoms with Crippen LogP contribution in [0, 0.1) is 6.92 Å². The Kier molecular flexibility index (Phi) is 5.81. The Bertz CT molecular complexity index is 1110. The molecule has 0 bridgehead atoms. The zero-order chi connectivity index (χ0) is 20.5. The highest BCUT2D eigenvalue weighted by molar-refractivity contribution is 7.90. The zero-order valence-electron chi connectivity index (χ0n) is 15.1. The van der Waals surface area contributed by atoms with Crippen molar-refractivity contribution < 1.29 is 21.6 Å². The lowest BCUT2D eigenvalue weighted by atomic mass is 10.1. The number of hydrogen-bond donors (Lipinski definition) is 1. The van der Waals surface area contributed by atoms with Crippen LogP contribution in [-0.4, -0.2) is 40.1 Å². The van der Waals surface area contributed by atoms with Gasteiger partial charge >= 0.3 is 0 Å². The van der Waals surface area contributed by atoms with Crippen molar-refractivity contribution in [3.8, 4) is 0 Å². The molecule has 1 fully saturated rings. The molecule has 1 aliphatic heterocycles. The molecular formula is C18H19ClN2O5S2. The summed E-state index contributed by atoms with van der Waals surface area (Å²) in [6.45, 7) is 2.47. The number of carbonyl (C=O) groups is 1. The lowest BCUT2D eigenvalue weighted by Crippen LogP contribution is -2.32. The molecule has 0 aromatic heterocycles. The Hall–Kier alpha value is -1.94. The molecule has 7 nitrogen and oxygen atoms in total. The second kappa shape index (κ2) is 7.82. The number of hydrogen-bond acceptors (Lipinski definition) is 5. The number of carbonyl (C=O) groups excluding carboxylic acids is 1. The summed E-state index contributed by atoms with van der Waals surface area (Å²) in [5.74, 6) is -0.897. The van der Waals surface area contributed by atoms with Crippen molar-refractivity contribution in [3.05, 3.63) is 58.6 Å². The first-order chi connectivity index (χ1) is 13.1. The molecule has 10 heteroatoms. The molecule has 3 rings (SSSR count). The van der Waals surface area contributed by atoms with Crippen molar-refractivity contribution in [1.82, 2.24) is 9.03 Å². The van der Waals surface area contributed by atoms with E-state index >= 15 is 0 Å². The van der Waals surface area contributed by atoms with Gasteiger partial charge in [-0.25, -0.2) is 21.6 Å². The second-order valence-electron chi connectivity index (χ2n) is 6.48. The van der Waals surface area contributed by atoms with Crippen LogP contribution in [0.2, 0.25) is 5.02 Å². The molecule has 0 saturated carbocycles. The number of nitrogens with zero attached hydrogens (tertiary/aromatic N) is 1. The van der Waals surface area contributed by atoms with Gasteiger partial charge in [0.05, 0.1) is 9.79 Å². The maximum atomic E-state index is 12.7. The fourth-order valence-corrected chi connectivity index (χ4v) is 5.57. The van der Waals surface area contributed by atoms with Crippen molar-refractivity contribution >= 4 is 37.6 Å². The number of amides is 1. The molecule has 1 amide bonds. The van der Waals surface area contributed by atoms with Gasteiger partial charge in [0.2, 0.25) is 10.0 Å². The topological polar surface area (TPSA) is 101 Å². The number of aryl methyl sites for hydroxylation is 1. The molecule has 2 aromatic rings. The molecule has 0 unspecified atom stereocenters. The minimum atomic E-state index is -4.12. The Morgan fingerprint density at radius 3 is 2.14 bits per heavy atom. The van der Waals surface area contributed by atoms with Crippen LogP contribution in [-0.2, 0) is 20.0 Å². The molecule has 1 heterocycles. The SMILES string of the molecule is Cc1ccc(S(=O)(=O)N2CCCC2)cc1C(=O)NS(=O)(=O)c1ccc(Cl)cc1.